The summed E-state index contributed by atoms with van der Waals surface area (Å²) >= 11 is 1.25. The van der Waals surface area contributed by atoms with Crippen molar-refractivity contribution < 1.29 is 9.00 Å². The molecule has 0 aliphatic heterocycles. The molecule has 2 amide bonds. The lowest BCUT2D eigenvalue weighted by Crippen LogP contribution is -2.18. The van der Waals surface area contributed by atoms with Crippen molar-refractivity contribution in [2.24, 2.45) is 9.50 Å². The number of fused-ring (bicyclic) bond motifs is 2. The number of rotatable bonds is 2. The van der Waals surface area contributed by atoms with Gasteiger partial charge >= 0.3 is 6.03 Å². The van der Waals surface area contributed by atoms with Crippen molar-refractivity contribution in [3.63, 3.8) is 0 Å². The van der Waals surface area contributed by atoms with Crippen molar-refractivity contribution in [3.05, 3.63) is 39.5 Å². The minimum Gasteiger partial charge on any atom is -0.305 e. The number of nitrogens with zero attached hydrogens (tertiary/aromatic N) is 2. The number of benzene rings is 1. The van der Waals surface area contributed by atoms with Gasteiger partial charge < -0.3 is 5.32 Å². The molecule has 2 aromatic rings. The third kappa shape index (κ3) is 3.60. The molecule has 0 saturated carbocycles. The van der Waals surface area contributed by atoms with E-state index < -0.39 is 15.9 Å². The van der Waals surface area contributed by atoms with Gasteiger partial charge in [-0.05, 0) is 60.8 Å². The lowest BCUT2D eigenvalue weighted by molar-refractivity contribution is 0.260. The Hall–Kier alpha value is -1.77. The zero-order chi connectivity index (χ0) is 20.1. The number of nitrogens with one attached hydrogen (secondary N) is 1. The number of urea groups is 1. The summed E-state index contributed by atoms with van der Waals surface area (Å²) in [6.45, 7) is 6.07. The Kier molecular flexibility index (Phi) is 4.84. The molecule has 0 saturated heterocycles. The first-order valence-electron chi connectivity index (χ1n) is 9.64. The normalized spacial score (nSPS) is 17.7. The summed E-state index contributed by atoms with van der Waals surface area (Å²) in [4.78, 5) is 17.0. The van der Waals surface area contributed by atoms with E-state index >= 15 is 0 Å². The summed E-state index contributed by atoms with van der Waals surface area (Å²) in [6.07, 6.45) is 7.69. The first-order chi connectivity index (χ1) is 13.1. The van der Waals surface area contributed by atoms with Crippen LogP contribution in [0, 0.1) is 0 Å². The Morgan fingerprint density at radius 1 is 1.18 bits per heavy atom. The highest BCUT2D eigenvalue weighted by Gasteiger charge is 2.26. The van der Waals surface area contributed by atoms with Crippen LogP contribution in [-0.4, -0.2) is 15.2 Å². The van der Waals surface area contributed by atoms with E-state index in [1.807, 2.05) is 20.8 Å². The second kappa shape index (κ2) is 6.93. The molecule has 1 unspecified atom stereocenters. The number of thiazole rings is 1. The Morgan fingerprint density at radius 3 is 2.32 bits per heavy atom. The number of carbonyl (C=O) groups is 1. The Labute approximate surface area is 170 Å². The van der Waals surface area contributed by atoms with Crippen LogP contribution in [0.4, 0.5) is 10.5 Å². The van der Waals surface area contributed by atoms with Gasteiger partial charge in [-0.3, -0.25) is 0 Å². The molecular weight excluding hydrogens is 392 g/mol. The van der Waals surface area contributed by atoms with Crippen LogP contribution in [0.2, 0.25) is 0 Å². The topological polar surface area (TPSA) is 97.4 Å². The maximum absolute atomic E-state index is 12.9. The second-order valence-electron chi connectivity index (χ2n) is 8.56. The maximum Gasteiger partial charge on any atom is 0.354 e. The number of anilines is 1. The number of nitrogens with two attached hydrogens (primary N) is 1. The molecule has 0 bridgehead atoms. The first-order valence-corrected chi connectivity index (χ1v) is 12.0. The molecule has 6 nitrogen and oxygen atoms in total. The minimum atomic E-state index is -3.33. The van der Waals surface area contributed by atoms with E-state index in [2.05, 4.69) is 20.7 Å². The van der Waals surface area contributed by atoms with Crippen LogP contribution in [0.3, 0.4) is 0 Å². The van der Waals surface area contributed by atoms with Crippen molar-refractivity contribution in [1.29, 1.82) is 0 Å². The van der Waals surface area contributed by atoms with Crippen molar-refractivity contribution in [2.45, 2.75) is 68.9 Å². The van der Waals surface area contributed by atoms with E-state index in [-0.39, 0.29) is 5.41 Å². The van der Waals surface area contributed by atoms with Crippen LogP contribution in [0.15, 0.2) is 20.8 Å². The lowest BCUT2D eigenvalue weighted by atomic mass is 9.98. The van der Waals surface area contributed by atoms with Gasteiger partial charge in [0.15, 0.2) is 9.92 Å². The number of amides is 2. The fraction of sp³-hybridized carbons (Fsp3) is 0.500. The van der Waals surface area contributed by atoms with E-state index in [4.69, 9.17) is 5.14 Å². The largest absolute Gasteiger partial charge is 0.354 e. The smallest absolute Gasteiger partial charge is 0.305 e. The van der Waals surface area contributed by atoms with Gasteiger partial charge in [0.05, 0.1) is 11.2 Å². The summed E-state index contributed by atoms with van der Waals surface area (Å²) in [5.74, 6) is 0. The van der Waals surface area contributed by atoms with E-state index in [0.717, 1.165) is 49.2 Å². The highest BCUT2D eigenvalue weighted by molar-refractivity contribution is 7.93. The summed E-state index contributed by atoms with van der Waals surface area (Å²) in [5.41, 5.74) is 5.77. The summed E-state index contributed by atoms with van der Waals surface area (Å²) in [6, 6.07) is 1.65. The van der Waals surface area contributed by atoms with E-state index in [9.17, 15) is 9.00 Å². The van der Waals surface area contributed by atoms with Crippen LogP contribution >= 0.6 is 11.3 Å². The molecule has 28 heavy (non-hydrogen) atoms. The Balaban J connectivity index is 1.65. The highest BCUT2D eigenvalue weighted by atomic mass is 32.2. The van der Waals surface area contributed by atoms with Crippen LogP contribution in [0.5, 0.6) is 0 Å². The predicted octanol–water partition coefficient (Wildman–Crippen LogP) is 4.35. The van der Waals surface area contributed by atoms with Crippen molar-refractivity contribution in [2.75, 3.05) is 5.32 Å². The van der Waals surface area contributed by atoms with E-state index in [1.54, 1.807) is 0 Å². The molecule has 0 spiro atoms. The lowest BCUT2D eigenvalue weighted by Gasteiger charge is -2.15. The molecule has 1 atom stereocenters. The Bertz CT molecular complexity index is 1040. The average molecular weight is 419 g/mol. The third-order valence-electron chi connectivity index (χ3n) is 5.34. The molecule has 1 aromatic heterocycles. The number of aryl methyl sites for hydroxylation is 2. The van der Waals surface area contributed by atoms with Gasteiger partial charge in [-0.25, -0.2) is 19.1 Å². The fourth-order valence-corrected chi connectivity index (χ4v) is 6.13. The van der Waals surface area contributed by atoms with Gasteiger partial charge in [0, 0.05) is 11.1 Å². The molecule has 0 radical (unpaired) electrons. The number of carbonyl (C=O) groups excluding carboxylic acids is 1. The number of hydrogen-bond acceptors (Lipinski definition) is 4. The molecule has 2 aliphatic carbocycles. The zero-order valence-corrected chi connectivity index (χ0v) is 18.1. The van der Waals surface area contributed by atoms with Gasteiger partial charge in [-0.15, -0.1) is 15.7 Å². The molecule has 8 heteroatoms. The number of hydrogen-bond donors (Lipinski definition) is 2. The standard InChI is InChI=1S/C20H26N4O2S2/c1-20(2,3)18-22-11-16(27-18)28(21,26)24-19(25)23-17-14-8-4-6-12(14)10-13-7-5-9-15(13)17/h10-11H,4-9H2,1-3H3,(H3,21,23,24,25,26). The van der Waals surface area contributed by atoms with Crippen molar-refractivity contribution >= 4 is 33.0 Å². The quantitative estimate of drug-likeness (QED) is 0.758. The highest BCUT2D eigenvalue weighted by Crippen LogP contribution is 2.38. The molecule has 150 valence electrons. The average Bonchev–Trinajstić information content (AvgIpc) is 3.33. The minimum absolute atomic E-state index is 0.175. The van der Waals surface area contributed by atoms with Crippen LogP contribution in [0.1, 0.15) is 60.9 Å². The van der Waals surface area contributed by atoms with Crippen molar-refractivity contribution in [1.82, 2.24) is 4.98 Å². The molecular formula is C20H26N4O2S2. The monoisotopic (exact) mass is 418 g/mol. The fourth-order valence-electron chi connectivity index (χ4n) is 4.01. The SMILES string of the molecule is CC(C)(C)c1ncc(S(N)(=O)=NC(=O)Nc2c3c(cc4c2CCC4)CCC3)s1. The third-order valence-corrected chi connectivity index (χ3v) is 8.64. The van der Waals surface area contributed by atoms with Crippen LogP contribution < -0.4 is 10.5 Å². The molecule has 2 aliphatic rings. The molecule has 4 rings (SSSR count). The van der Waals surface area contributed by atoms with Gasteiger partial charge in [0.1, 0.15) is 4.21 Å². The van der Waals surface area contributed by atoms with Gasteiger partial charge in [-0.1, -0.05) is 26.8 Å². The zero-order valence-electron chi connectivity index (χ0n) is 16.5. The number of aromatic nitrogens is 1. The maximum atomic E-state index is 12.9. The van der Waals surface area contributed by atoms with Crippen molar-refractivity contribution in [3.8, 4) is 0 Å². The second-order valence-corrected chi connectivity index (χ2v) is 11.6. The summed E-state index contributed by atoms with van der Waals surface area (Å²) in [7, 11) is -3.33. The molecule has 0 fully saturated rings. The van der Waals surface area contributed by atoms with Gasteiger partial charge in [0.25, 0.3) is 0 Å². The molecule has 1 aromatic carbocycles. The Morgan fingerprint density at radius 2 is 1.79 bits per heavy atom. The predicted molar refractivity (Wildman–Crippen MR) is 113 cm³/mol. The summed E-state index contributed by atoms with van der Waals surface area (Å²) in [5, 5.41) is 9.69. The molecule has 1 heterocycles. The molecule has 3 N–H and O–H groups in total. The van der Waals surface area contributed by atoms with Gasteiger partial charge in [0.2, 0.25) is 0 Å². The van der Waals surface area contributed by atoms with E-state index in [0.29, 0.717) is 4.21 Å². The van der Waals surface area contributed by atoms with Crippen LogP contribution in [0.25, 0.3) is 0 Å². The van der Waals surface area contributed by atoms with Gasteiger partial charge in [-0.2, -0.15) is 0 Å². The first kappa shape index (κ1) is 19.5. The van der Waals surface area contributed by atoms with Crippen LogP contribution in [-0.2, 0) is 41.0 Å². The van der Waals surface area contributed by atoms with E-state index in [1.165, 1.54) is 39.8 Å². The summed E-state index contributed by atoms with van der Waals surface area (Å²) < 4.78 is 17.1.